The van der Waals surface area contributed by atoms with Crippen molar-refractivity contribution >= 4 is 5.69 Å². The van der Waals surface area contributed by atoms with E-state index in [9.17, 15) is 0 Å². The number of hydrogen-bond donors (Lipinski definition) is 0. The van der Waals surface area contributed by atoms with E-state index in [0.29, 0.717) is 17.1 Å². The molecule has 0 N–H and O–H groups in total. The Morgan fingerprint density at radius 2 is 2.21 bits per heavy atom. The van der Waals surface area contributed by atoms with E-state index >= 15 is 0 Å². The van der Waals surface area contributed by atoms with Gasteiger partial charge in [-0.25, -0.2) is 9.53 Å². The van der Waals surface area contributed by atoms with Crippen LogP contribution in [0.2, 0.25) is 0 Å². The molecule has 2 aromatic heterocycles. The van der Waals surface area contributed by atoms with Crippen molar-refractivity contribution in [1.29, 1.82) is 0 Å². The lowest BCUT2D eigenvalue weighted by atomic mass is 10.2. The van der Waals surface area contributed by atoms with E-state index in [1.165, 1.54) is 4.68 Å². The molecule has 0 aliphatic heterocycles. The van der Waals surface area contributed by atoms with E-state index in [2.05, 4.69) is 20.1 Å². The average Bonchev–Trinajstić information content (AvgIpc) is 2.90. The van der Waals surface area contributed by atoms with Crippen LogP contribution in [0, 0.1) is 6.57 Å². The van der Waals surface area contributed by atoms with E-state index < -0.39 is 0 Å². The Hall–Kier alpha value is -3.00. The van der Waals surface area contributed by atoms with E-state index in [1.54, 1.807) is 42.7 Å². The summed E-state index contributed by atoms with van der Waals surface area (Å²) in [6.45, 7) is 7.02. The maximum Gasteiger partial charge on any atom is 0.189 e. The van der Waals surface area contributed by atoms with Gasteiger partial charge in [0.25, 0.3) is 0 Å². The first-order valence-corrected chi connectivity index (χ1v) is 5.60. The Kier molecular flexibility index (Phi) is 2.47. The maximum atomic E-state index is 8.16. The number of hydrogen-bond acceptors (Lipinski definition) is 3. The molecule has 0 saturated carbocycles. The quantitative estimate of drug-likeness (QED) is 0.655. The van der Waals surface area contributed by atoms with Gasteiger partial charge in [0.05, 0.1) is 19.8 Å². The highest BCUT2D eigenvalue weighted by Gasteiger charge is 2.05. The van der Waals surface area contributed by atoms with Gasteiger partial charge >= 0.3 is 0 Å². The first-order chi connectivity index (χ1) is 9.79. The first kappa shape index (κ1) is 9.97. The van der Waals surface area contributed by atoms with Crippen molar-refractivity contribution in [2.45, 2.75) is 0 Å². The van der Waals surface area contributed by atoms with Crippen LogP contribution in [0.1, 0.15) is 1.37 Å². The molecular weight excluding hydrogens is 238 g/mol. The molecule has 0 radical (unpaired) electrons. The Labute approximate surface area is 111 Å². The smallest absolute Gasteiger partial charge is 0.189 e. The summed E-state index contributed by atoms with van der Waals surface area (Å²) in [5.41, 5.74) is 2.35. The lowest BCUT2D eigenvalue weighted by molar-refractivity contribution is 0.804. The second-order valence-electron chi connectivity index (χ2n) is 3.84. The predicted molar refractivity (Wildman–Crippen MR) is 70.9 cm³/mol. The van der Waals surface area contributed by atoms with Crippen molar-refractivity contribution < 1.29 is 1.37 Å². The molecule has 90 valence electrons. The number of aromatic nitrogens is 4. The summed E-state index contributed by atoms with van der Waals surface area (Å²) in [6.07, 6.45) is 3.47. The Morgan fingerprint density at radius 3 is 3.00 bits per heavy atom. The molecule has 0 spiro atoms. The van der Waals surface area contributed by atoms with Crippen molar-refractivity contribution in [3.8, 4) is 16.9 Å². The molecule has 0 aliphatic carbocycles. The third kappa shape index (κ3) is 2.19. The molecule has 0 unspecified atom stereocenters. The van der Waals surface area contributed by atoms with Crippen molar-refractivity contribution in [3.05, 3.63) is 66.4 Å². The second-order valence-corrected chi connectivity index (χ2v) is 3.84. The highest BCUT2D eigenvalue weighted by atomic mass is 15.4. The maximum absolute atomic E-state index is 8.16. The summed E-state index contributed by atoms with van der Waals surface area (Å²) < 4.78 is 9.56. The predicted octanol–water partition coefficient (Wildman–Crippen LogP) is 2.88. The van der Waals surface area contributed by atoms with E-state index in [0.717, 1.165) is 5.56 Å². The molecule has 0 atom stereocenters. The van der Waals surface area contributed by atoms with Crippen molar-refractivity contribution in [2.24, 2.45) is 0 Å². The van der Waals surface area contributed by atoms with Crippen LogP contribution < -0.4 is 0 Å². The molecule has 1 aromatic carbocycles. The fraction of sp³-hybridized carbons (Fsp3) is 0. The Balaban J connectivity index is 2.09. The summed E-state index contributed by atoms with van der Waals surface area (Å²) in [7, 11) is 0. The van der Waals surface area contributed by atoms with Crippen LogP contribution in [0.15, 0.2) is 55.0 Å². The van der Waals surface area contributed by atoms with Crippen molar-refractivity contribution in [3.63, 3.8) is 0 Å². The zero-order chi connectivity index (χ0) is 13.9. The van der Waals surface area contributed by atoms with Gasteiger partial charge in [0.15, 0.2) is 5.69 Å². The molecule has 3 aromatic rings. The zero-order valence-electron chi connectivity index (χ0n) is 10.9. The molecule has 0 saturated heterocycles. The van der Waals surface area contributed by atoms with Crippen LogP contribution in [0.25, 0.3) is 21.8 Å². The summed E-state index contributed by atoms with van der Waals surface area (Å²) in [4.78, 5) is 7.38. The molecule has 0 amide bonds. The van der Waals surface area contributed by atoms with Crippen LogP contribution in [0.3, 0.4) is 0 Å². The summed E-state index contributed by atoms with van der Waals surface area (Å²) in [6, 6.07) is 10.5. The third-order valence-corrected chi connectivity index (χ3v) is 2.58. The third-order valence-electron chi connectivity index (χ3n) is 2.58. The van der Waals surface area contributed by atoms with Gasteiger partial charge in [-0.05, 0) is 24.3 Å². The number of pyridine rings is 1. The number of nitrogens with zero attached hydrogens (tertiary/aromatic N) is 5. The molecule has 5 nitrogen and oxygen atoms in total. The molecule has 3 rings (SSSR count). The van der Waals surface area contributed by atoms with E-state index in [4.69, 9.17) is 7.94 Å². The summed E-state index contributed by atoms with van der Waals surface area (Å²) in [5, 5.41) is 8.01. The van der Waals surface area contributed by atoms with Gasteiger partial charge in [-0.2, -0.15) is 0 Å². The highest BCUT2D eigenvalue weighted by Crippen LogP contribution is 2.19. The molecule has 5 heteroatoms. The van der Waals surface area contributed by atoms with E-state index in [1.807, 2.05) is 6.07 Å². The molecule has 0 fully saturated rings. The standard InChI is InChI=1S/C14H9N5/c1-15-12-5-2-6-13(8-12)19-10-14(17-18-19)11-4-3-7-16-9-11/h2-10H/i10D. The fourth-order valence-corrected chi connectivity index (χ4v) is 1.67. The minimum Gasteiger partial charge on any atom is -0.264 e. The lowest BCUT2D eigenvalue weighted by Crippen LogP contribution is -1.93. The van der Waals surface area contributed by atoms with Gasteiger partial charge in [-0.1, -0.05) is 17.3 Å². The van der Waals surface area contributed by atoms with Crippen LogP contribution >= 0.6 is 0 Å². The summed E-state index contributed by atoms with van der Waals surface area (Å²) >= 11 is 0. The molecule has 19 heavy (non-hydrogen) atoms. The van der Waals surface area contributed by atoms with Gasteiger partial charge in [0.1, 0.15) is 5.69 Å². The van der Waals surface area contributed by atoms with Crippen LogP contribution in [0.4, 0.5) is 5.69 Å². The van der Waals surface area contributed by atoms with Crippen LogP contribution in [0.5, 0.6) is 0 Å². The lowest BCUT2D eigenvalue weighted by Gasteiger charge is -1.99. The summed E-state index contributed by atoms with van der Waals surface area (Å²) in [5.74, 6) is 0. The Morgan fingerprint density at radius 1 is 1.26 bits per heavy atom. The number of rotatable bonds is 2. The highest BCUT2D eigenvalue weighted by molar-refractivity contribution is 5.57. The monoisotopic (exact) mass is 248 g/mol. The van der Waals surface area contributed by atoms with Gasteiger partial charge < -0.3 is 0 Å². The average molecular weight is 248 g/mol. The van der Waals surface area contributed by atoms with Gasteiger partial charge in [0.2, 0.25) is 0 Å². The second kappa shape index (κ2) is 4.70. The largest absolute Gasteiger partial charge is 0.264 e. The van der Waals surface area contributed by atoms with Crippen molar-refractivity contribution in [2.75, 3.05) is 0 Å². The first-order valence-electron chi connectivity index (χ1n) is 6.10. The normalized spacial score (nSPS) is 10.8. The van der Waals surface area contributed by atoms with Gasteiger partial charge in [-0.15, -0.1) is 5.10 Å². The van der Waals surface area contributed by atoms with Gasteiger partial charge in [0, 0.05) is 18.0 Å². The topological polar surface area (TPSA) is 48.0 Å². The number of benzene rings is 1. The van der Waals surface area contributed by atoms with Crippen LogP contribution in [-0.4, -0.2) is 20.0 Å². The molecule has 2 heterocycles. The van der Waals surface area contributed by atoms with E-state index in [-0.39, 0.29) is 6.17 Å². The van der Waals surface area contributed by atoms with Crippen LogP contribution in [-0.2, 0) is 0 Å². The Bertz CT molecular complexity index is 789. The van der Waals surface area contributed by atoms with Gasteiger partial charge in [-0.3, -0.25) is 4.98 Å². The molecule has 0 bridgehead atoms. The zero-order valence-corrected chi connectivity index (χ0v) is 9.85. The SMILES string of the molecule is [2H]c1c(-c2cccnc2)nnn1-c1cccc([N+]#[C-])c1. The van der Waals surface area contributed by atoms with Crippen molar-refractivity contribution in [1.82, 2.24) is 20.0 Å². The minimum absolute atomic E-state index is 0.167. The molecule has 0 aliphatic rings. The molecular formula is C14H9N5. The minimum atomic E-state index is 0.167. The fourth-order valence-electron chi connectivity index (χ4n) is 1.67.